The normalized spacial score (nSPS) is 20.9. The van der Waals surface area contributed by atoms with Gasteiger partial charge in [0.15, 0.2) is 0 Å². The van der Waals surface area contributed by atoms with Gasteiger partial charge in [0.1, 0.15) is 0 Å². The van der Waals surface area contributed by atoms with Crippen LogP contribution < -0.4 is 11.1 Å². The third-order valence-corrected chi connectivity index (χ3v) is 4.36. The number of piperidine rings is 1. The number of benzene rings is 1. The van der Waals surface area contributed by atoms with E-state index in [2.05, 4.69) is 30.4 Å². The first kappa shape index (κ1) is 11.8. The summed E-state index contributed by atoms with van der Waals surface area (Å²) in [6.07, 6.45) is 2.67. The lowest BCUT2D eigenvalue weighted by Gasteiger charge is -2.22. The van der Waals surface area contributed by atoms with Gasteiger partial charge in [0.25, 0.3) is 0 Å². The lowest BCUT2D eigenvalue weighted by molar-refractivity contribution is 0.410. The molecule has 1 heterocycles. The Balaban J connectivity index is 1.88. The second-order valence-corrected chi connectivity index (χ2v) is 5.63. The zero-order valence-corrected chi connectivity index (χ0v) is 10.6. The average molecular weight is 236 g/mol. The minimum absolute atomic E-state index is 0.805. The molecule has 3 heteroatoms. The van der Waals surface area contributed by atoms with Gasteiger partial charge in [-0.3, -0.25) is 0 Å². The highest BCUT2D eigenvalue weighted by Gasteiger charge is 2.13. The summed E-state index contributed by atoms with van der Waals surface area (Å²) in [4.78, 5) is 1.23. The van der Waals surface area contributed by atoms with Gasteiger partial charge in [-0.25, -0.2) is 0 Å². The molecular formula is C13H20N2S. The van der Waals surface area contributed by atoms with Crippen LogP contribution in [0.5, 0.6) is 0 Å². The van der Waals surface area contributed by atoms with Gasteiger partial charge in [-0.1, -0.05) is 6.07 Å². The van der Waals surface area contributed by atoms with Gasteiger partial charge in [0.2, 0.25) is 0 Å². The predicted octanol–water partition coefficient (Wildman–Crippen LogP) is 2.67. The number of rotatable bonds is 3. The lowest BCUT2D eigenvalue weighted by Crippen LogP contribution is -2.30. The van der Waals surface area contributed by atoms with Gasteiger partial charge in [0, 0.05) is 16.3 Å². The molecule has 1 unspecified atom stereocenters. The molecule has 3 N–H and O–H groups in total. The van der Waals surface area contributed by atoms with E-state index >= 15 is 0 Å². The molecule has 16 heavy (non-hydrogen) atoms. The summed E-state index contributed by atoms with van der Waals surface area (Å²) in [6, 6.07) is 6.34. The van der Waals surface area contributed by atoms with Gasteiger partial charge < -0.3 is 11.1 Å². The fraction of sp³-hybridized carbons (Fsp3) is 0.538. The van der Waals surface area contributed by atoms with Crippen molar-refractivity contribution in [3.8, 4) is 0 Å². The zero-order chi connectivity index (χ0) is 11.4. The number of aryl methyl sites for hydroxylation is 1. The maximum atomic E-state index is 6.00. The molecule has 0 aromatic heterocycles. The highest BCUT2D eigenvalue weighted by Crippen LogP contribution is 2.28. The molecule has 0 saturated carbocycles. The van der Waals surface area contributed by atoms with Crippen molar-refractivity contribution in [2.45, 2.75) is 24.7 Å². The van der Waals surface area contributed by atoms with Gasteiger partial charge in [-0.05, 0) is 56.5 Å². The summed E-state index contributed by atoms with van der Waals surface area (Å²) in [7, 11) is 0. The molecule has 1 aromatic rings. The maximum absolute atomic E-state index is 6.00. The number of hydrogen-bond acceptors (Lipinski definition) is 3. The van der Waals surface area contributed by atoms with E-state index in [0.717, 1.165) is 11.6 Å². The molecule has 2 nitrogen and oxygen atoms in total. The largest absolute Gasteiger partial charge is 0.398 e. The first-order chi connectivity index (χ1) is 7.75. The van der Waals surface area contributed by atoms with E-state index in [9.17, 15) is 0 Å². The van der Waals surface area contributed by atoms with Gasteiger partial charge in [-0.2, -0.15) is 0 Å². The number of nitrogens with one attached hydrogen (secondary N) is 1. The molecule has 1 saturated heterocycles. The van der Waals surface area contributed by atoms with E-state index < -0.39 is 0 Å². The van der Waals surface area contributed by atoms with Crippen molar-refractivity contribution in [3.63, 3.8) is 0 Å². The Morgan fingerprint density at radius 1 is 1.50 bits per heavy atom. The molecule has 0 bridgehead atoms. The molecule has 1 aromatic carbocycles. The molecule has 0 spiro atoms. The van der Waals surface area contributed by atoms with Crippen LogP contribution in [0.4, 0.5) is 5.69 Å². The Kier molecular flexibility index (Phi) is 4.13. The van der Waals surface area contributed by atoms with Crippen molar-refractivity contribution in [1.82, 2.24) is 5.32 Å². The van der Waals surface area contributed by atoms with Crippen molar-refractivity contribution in [1.29, 1.82) is 0 Å². The number of nitrogen functional groups attached to an aromatic ring is 1. The van der Waals surface area contributed by atoms with E-state index in [1.807, 2.05) is 11.8 Å². The second-order valence-electron chi connectivity index (χ2n) is 4.56. The maximum Gasteiger partial charge on any atom is 0.0454 e. The van der Waals surface area contributed by atoms with Crippen molar-refractivity contribution in [2.24, 2.45) is 5.92 Å². The SMILES string of the molecule is Cc1ccc(SCC2CCCNC2)c(N)c1. The average Bonchev–Trinajstić information content (AvgIpc) is 2.29. The summed E-state index contributed by atoms with van der Waals surface area (Å²) < 4.78 is 0. The van der Waals surface area contributed by atoms with Gasteiger partial charge in [0.05, 0.1) is 0 Å². The van der Waals surface area contributed by atoms with E-state index in [1.54, 1.807) is 0 Å². The predicted molar refractivity (Wildman–Crippen MR) is 71.9 cm³/mol. The first-order valence-electron chi connectivity index (χ1n) is 5.95. The Bertz CT molecular complexity index is 346. The lowest BCUT2D eigenvalue weighted by atomic mass is 10.0. The first-order valence-corrected chi connectivity index (χ1v) is 6.94. The van der Waals surface area contributed by atoms with Crippen LogP contribution in [0.25, 0.3) is 0 Å². The van der Waals surface area contributed by atoms with Gasteiger partial charge in [-0.15, -0.1) is 11.8 Å². The van der Waals surface area contributed by atoms with Crippen LogP contribution in [0.15, 0.2) is 23.1 Å². The Hall–Kier alpha value is -0.670. The van der Waals surface area contributed by atoms with Crippen LogP contribution in [-0.2, 0) is 0 Å². The highest BCUT2D eigenvalue weighted by molar-refractivity contribution is 7.99. The number of thioether (sulfide) groups is 1. The van der Waals surface area contributed by atoms with Crippen LogP contribution >= 0.6 is 11.8 Å². The van der Waals surface area contributed by atoms with E-state index in [4.69, 9.17) is 5.73 Å². The Morgan fingerprint density at radius 3 is 3.06 bits per heavy atom. The fourth-order valence-electron chi connectivity index (χ4n) is 2.07. The van der Waals surface area contributed by atoms with Crippen molar-refractivity contribution >= 4 is 17.4 Å². The zero-order valence-electron chi connectivity index (χ0n) is 9.83. The molecular weight excluding hydrogens is 216 g/mol. The number of hydrogen-bond donors (Lipinski definition) is 2. The number of anilines is 1. The molecule has 0 aliphatic carbocycles. The van der Waals surface area contributed by atoms with Crippen molar-refractivity contribution < 1.29 is 0 Å². The molecule has 1 atom stereocenters. The highest BCUT2D eigenvalue weighted by atomic mass is 32.2. The molecule has 1 aliphatic heterocycles. The van der Waals surface area contributed by atoms with Crippen LogP contribution in [0.2, 0.25) is 0 Å². The van der Waals surface area contributed by atoms with Crippen LogP contribution in [0.3, 0.4) is 0 Å². The molecule has 0 amide bonds. The summed E-state index contributed by atoms with van der Waals surface area (Å²) in [5, 5.41) is 3.45. The summed E-state index contributed by atoms with van der Waals surface area (Å²) >= 11 is 1.90. The third kappa shape index (κ3) is 3.16. The standard InChI is InChI=1S/C13H20N2S/c1-10-4-5-13(12(14)7-10)16-9-11-3-2-6-15-8-11/h4-5,7,11,15H,2-3,6,8-9,14H2,1H3. The van der Waals surface area contributed by atoms with E-state index in [-0.39, 0.29) is 0 Å². The molecule has 0 radical (unpaired) electrons. The van der Waals surface area contributed by atoms with Gasteiger partial charge >= 0.3 is 0 Å². The van der Waals surface area contributed by atoms with Crippen molar-refractivity contribution in [3.05, 3.63) is 23.8 Å². The molecule has 88 valence electrons. The third-order valence-electron chi connectivity index (χ3n) is 3.04. The molecule has 1 fully saturated rings. The molecule has 1 aliphatic rings. The summed E-state index contributed by atoms with van der Waals surface area (Å²) in [6.45, 7) is 4.43. The van der Waals surface area contributed by atoms with E-state index in [1.165, 1.54) is 42.1 Å². The summed E-state index contributed by atoms with van der Waals surface area (Å²) in [5.41, 5.74) is 8.16. The number of nitrogens with two attached hydrogens (primary N) is 1. The van der Waals surface area contributed by atoms with Crippen LogP contribution in [-0.4, -0.2) is 18.8 Å². The summed E-state index contributed by atoms with van der Waals surface area (Å²) in [5.74, 6) is 1.99. The monoisotopic (exact) mass is 236 g/mol. The topological polar surface area (TPSA) is 38.0 Å². The second kappa shape index (κ2) is 5.60. The van der Waals surface area contributed by atoms with E-state index in [0.29, 0.717) is 0 Å². The Labute approximate surface area is 102 Å². The van der Waals surface area contributed by atoms with Crippen LogP contribution in [0, 0.1) is 12.8 Å². The van der Waals surface area contributed by atoms with Crippen molar-refractivity contribution in [2.75, 3.05) is 24.6 Å². The molecule has 2 rings (SSSR count). The fourth-order valence-corrected chi connectivity index (χ4v) is 3.16. The van der Waals surface area contributed by atoms with Crippen LogP contribution in [0.1, 0.15) is 18.4 Å². The Morgan fingerprint density at radius 2 is 2.38 bits per heavy atom. The quantitative estimate of drug-likeness (QED) is 0.626. The minimum atomic E-state index is 0.805. The minimum Gasteiger partial charge on any atom is -0.398 e. The smallest absolute Gasteiger partial charge is 0.0454 e.